The van der Waals surface area contributed by atoms with Gasteiger partial charge in [0.05, 0.1) is 11.8 Å². The van der Waals surface area contributed by atoms with Crippen molar-refractivity contribution in [2.24, 2.45) is 5.10 Å². The van der Waals surface area contributed by atoms with E-state index in [1.165, 1.54) is 6.21 Å². The summed E-state index contributed by atoms with van der Waals surface area (Å²) in [6.07, 6.45) is 1.52. The first-order valence-electron chi connectivity index (χ1n) is 11.2. The Morgan fingerprint density at radius 3 is 2.26 bits per heavy atom. The number of fused-ring (bicyclic) bond motifs is 2. The molecule has 0 saturated heterocycles. The van der Waals surface area contributed by atoms with Crippen LogP contribution in [0.5, 0.6) is 5.75 Å². The molecular formula is C30H22N2O3. The predicted molar refractivity (Wildman–Crippen MR) is 139 cm³/mol. The van der Waals surface area contributed by atoms with Crippen LogP contribution < -0.4 is 10.2 Å². The molecule has 1 N–H and O–H groups in total. The van der Waals surface area contributed by atoms with Crippen LogP contribution in [0.15, 0.2) is 108 Å². The zero-order chi connectivity index (χ0) is 24.2. The largest absolute Gasteiger partial charge is 0.422 e. The maximum Gasteiger partial charge on any atom is 0.343 e. The molecule has 35 heavy (non-hydrogen) atoms. The number of esters is 1. The Labute approximate surface area is 202 Å². The number of nitrogens with zero attached hydrogens (tertiary/aromatic N) is 1. The van der Waals surface area contributed by atoms with E-state index in [4.69, 9.17) is 4.74 Å². The third-order valence-electron chi connectivity index (χ3n) is 5.78. The SMILES string of the molecule is Cc1cccc(C(=O)Oc2ccc3ccccc3c2/C=N/NC(=O)c2cccc3ccccc23)c1. The molecule has 0 fully saturated rings. The number of carbonyl (C=O) groups excluding carboxylic acids is 2. The van der Waals surface area contributed by atoms with Gasteiger partial charge >= 0.3 is 5.97 Å². The Kier molecular flexibility index (Phi) is 6.05. The normalized spacial score (nSPS) is 11.1. The molecule has 1 amide bonds. The molecule has 0 atom stereocenters. The highest BCUT2D eigenvalue weighted by Crippen LogP contribution is 2.27. The smallest absolute Gasteiger partial charge is 0.343 e. The minimum absolute atomic E-state index is 0.323. The first-order chi connectivity index (χ1) is 17.1. The molecule has 0 radical (unpaired) electrons. The lowest BCUT2D eigenvalue weighted by Crippen LogP contribution is -2.18. The Hall–Kier alpha value is -4.77. The molecule has 0 bridgehead atoms. The fraction of sp³-hybridized carbons (Fsp3) is 0.0333. The van der Waals surface area contributed by atoms with E-state index in [1.54, 1.807) is 24.3 Å². The summed E-state index contributed by atoms with van der Waals surface area (Å²) in [6, 6.07) is 31.8. The average Bonchev–Trinajstić information content (AvgIpc) is 2.89. The van der Waals surface area contributed by atoms with Gasteiger partial charge in [-0.1, -0.05) is 84.4 Å². The number of hydrogen-bond donors (Lipinski definition) is 1. The van der Waals surface area contributed by atoms with Crippen LogP contribution in [0, 0.1) is 6.92 Å². The maximum atomic E-state index is 12.9. The molecule has 0 spiro atoms. The maximum absolute atomic E-state index is 12.9. The van der Waals surface area contributed by atoms with Crippen LogP contribution in [0.1, 0.15) is 31.8 Å². The van der Waals surface area contributed by atoms with Crippen molar-refractivity contribution in [2.45, 2.75) is 6.92 Å². The highest BCUT2D eigenvalue weighted by molar-refractivity contribution is 6.08. The van der Waals surface area contributed by atoms with E-state index in [9.17, 15) is 9.59 Å². The number of aryl methyl sites for hydroxylation is 1. The van der Waals surface area contributed by atoms with Gasteiger partial charge in [-0.25, -0.2) is 10.2 Å². The van der Waals surface area contributed by atoms with Gasteiger partial charge in [0.2, 0.25) is 0 Å². The molecule has 5 heteroatoms. The van der Waals surface area contributed by atoms with Crippen molar-refractivity contribution in [3.05, 3.63) is 125 Å². The van der Waals surface area contributed by atoms with Gasteiger partial charge in [0.25, 0.3) is 5.91 Å². The van der Waals surface area contributed by atoms with Crippen LogP contribution in [0.4, 0.5) is 0 Å². The fourth-order valence-electron chi connectivity index (χ4n) is 4.07. The van der Waals surface area contributed by atoms with Crippen molar-refractivity contribution in [2.75, 3.05) is 0 Å². The Morgan fingerprint density at radius 1 is 0.771 bits per heavy atom. The van der Waals surface area contributed by atoms with Gasteiger partial charge in [-0.3, -0.25) is 4.79 Å². The van der Waals surface area contributed by atoms with Crippen LogP contribution >= 0.6 is 0 Å². The van der Waals surface area contributed by atoms with Gasteiger partial charge in [-0.05, 0) is 52.7 Å². The monoisotopic (exact) mass is 458 g/mol. The number of nitrogens with one attached hydrogen (secondary N) is 1. The first kappa shape index (κ1) is 22.0. The Balaban J connectivity index is 1.45. The molecule has 0 saturated carbocycles. The van der Waals surface area contributed by atoms with Crippen LogP contribution in [-0.4, -0.2) is 18.1 Å². The zero-order valence-electron chi connectivity index (χ0n) is 19.1. The first-order valence-corrected chi connectivity index (χ1v) is 11.2. The van der Waals surface area contributed by atoms with Crippen LogP contribution in [0.3, 0.4) is 0 Å². The summed E-state index contributed by atoms with van der Waals surface area (Å²) in [5.74, 6) is -0.423. The van der Waals surface area contributed by atoms with Gasteiger partial charge in [0.15, 0.2) is 0 Å². The van der Waals surface area contributed by atoms with E-state index in [0.29, 0.717) is 22.4 Å². The molecule has 0 aliphatic carbocycles. The number of amides is 1. The van der Waals surface area contributed by atoms with Crippen molar-refractivity contribution < 1.29 is 14.3 Å². The third-order valence-corrected chi connectivity index (χ3v) is 5.78. The molecule has 170 valence electrons. The summed E-state index contributed by atoms with van der Waals surface area (Å²) in [6.45, 7) is 1.92. The lowest BCUT2D eigenvalue weighted by Gasteiger charge is -2.11. The van der Waals surface area contributed by atoms with Crippen LogP contribution in [-0.2, 0) is 0 Å². The lowest BCUT2D eigenvalue weighted by molar-refractivity contribution is 0.0734. The number of hydrazone groups is 1. The second-order valence-electron chi connectivity index (χ2n) is 8.18. The topological polar surface area (TPSA) is 67.8 Å². The number of rotatable bonds is 5. The van der Waals surface area contributed by atoms with Gasteiger partial charge in [-0.2, -0.15) is 5.10 Å². The van der Waals surface area contributed by atoms with Crippen LogP contribution in [0.25, 0.3) is 21.5 Å². The molecule has 5 rings (SSSR count). The van der Waals surface area contributed by atoms with E-state index in [2.05, 4.69) is 10.5 Å². The zero-order valence-corrected chi connectivity index (χ0v) is 19.1. The lowest BCUT2D eigenvalue weighted by atomic mass is 10.0. The van der Waals surface area contributed by atoms with Crippen molar-refractivity contribution in [1.82, 2.24) is 5.43 Å². The second-order valence-corrected chi connectivity index (χ2v) is 8.18. The molecule has 5 aromatic rings. The van der Waals surface area contributed by atoms with Gasteiger partial charge in [-0.15, -0.1) is 0 Å². The highest BCUT2D eigenvalue weighted by Gasteiger charge is 2.14. The molecule has 5 aromatic carbocycles. The summed E-state index contributed by atoms with van der Waals surface area (Å²) in [5.41, 5.74) is 5.18. The second kappa shape index (κ2) is 9.61. The van der Waals surface area contributed by atoms with Gasteiger partial charge in [0, 0.05) is 11.1 Å². The summed E-state index contributed by atoms with van der Waals surface area (Å²) < 4.78 is 5.75. The minimum Gasteiger partial charge on any atom is -0.422 e. The summed E-state index contributed by atoms with van der Waals surface area (Å²) >= 11 is 0. The number of ether oxygens (including phenoxy) is 1. The van der Waals surface area contributed by atoms with E-state index in [-0.39, 0.29) is 5.91 Å². The van der Waals surface area contributed by atoms with Crippen molar-refractivity contribution in [3.8, 4) is 5.75 Å². The summed E-state index contributed by atoms with van der Waals surface area (Å²) in [4.78, 5) is 25.7. The van der Waals surface area contributed by atoms with Crippen molar-refractivity contribution >= 4 is 39.6 Å². The van der Waals surface area contributed by atoms with E-state index in [0.717, 1.165) is 27.1 Å². The van der Waals surface area contributed by atoms with Gasteiger partial charge in [0.1, 0.15) is 5.75 Å². The molecule has 0 unspecified atom stereocenters. The molecule has 0 heterocycles. The molecular weight excluding hydrogens is 436 g/mol. The Morgan fingerprint density at radius 2 is 1.46 bits per heavy atom. The molecule has 0 aliphatic rings. The predicted octanol–water partition coefficient (Wildman–Crippen LogP) is 6.28. The Bertz CT molecular complexity index is 1600. The number of carbonyl (C=O) groups is 2. The van der Waals surface area contributed by atoms with Crippen molar-refractivity contribution in [1.29, 1.82) is 0 Å². The summed E-state index contributed by atoms with van der Waals surface area (Å²) in [7, 11) is 0. The average molecular weight is 459 g/mol. The standard InChI is InChI=1S/C30H22N2O3/c1-20-8-6-12-23(18-20)30(34)35-28-17-16-22-10-3-5-14-25(22)27(28)19-31-32-29(33)26-15-7-11-21-9-2-4-13-24(21)26/h2-19H,1H3,(H,32,33)/b31-19+. The van der Waals surface area contributed by atoms with E-state index < -0.39 is 5.97 Å². The van der Waals surface area contributed by atoms with E-state index in [1.807, 2.05) is 85.8 Å². The molecule has 0 aromatic heterocycles. The fourth-order valence-corrected chi connectivity index (χ4v) is 4.07. The molecule has 5 nitrogen and oxygen atoms in total. The third kappa shape index (κ3) is 4.66. The van der Waals surface area contributed by atoms with E-state index >= 15 is 0 Å². The summed E-state index contributed by atoms with van der Waals surface area (Å²) in [5, 5.41) is 7.85. The minimum atomic E-state index is -0.460. The van der Waals surface area contributed by atoms with Gasteiger partial charge < -0.3 is 4.74 Å². The van der Waals surface area contributed by atoms with Crippen LogP contribution in [0.2, 0.25) is 0 Å². The highest BCUT2D eigenvalue weighted by atomic mass is 16.5. The number of hydrogen-bond acceptors (Lipinski definition) is 4. The van der Waals surface area contributed by atoms with Crippen molar-refractivity contribution in [3.63, 3.8) is 0 Å². The quantitative estimate of drug-likeness (QED) is 0.146. The molecule has 0 aliphatic heterocycles. The number of benzene rings is 5.